The van der Waals surface area contributed by atoms with Gasteiger partial charge in [-0.1, -0.05) is 35.0 Å². The van der Waals surface area contributed by atoms with Crippen LogP contribution in [0, 0.1) is 5.92 Å². The van der Waals surface area contributed by atoms with Crippen molar-refractivity contribution in [2.45, 2.75) is 25.8 Å². The summed E-state index contributed by atoms with van der Waals surface area (Å²) in [6.45, 7) is 2.19. The van der Waals surface area contributed by atoms with Crippen LogP contribution in [0.5, 0.6) is 5.75 Å². The molecule has 2 atom stereocenters. The Hall–Kier alpha value is -2.60. The van der Waals surface area contributed by atoms with Gasteiger partial charge < -0.3 is 9.72 Å². The number of halogens is 1. The van der Waals surface area contributed by atoms with E-state index in [4.69, 9.17) is 9.84 Å². The van der Waals surface area contributed by atoms with E-state index in [0.717, 1.165) is 23.6 Å². The number of H-pyrrole nitrogens is 1. The van der Waals surface area contributed by atoms with Gasteiger partial charge in [-0.15, -0.1) is 0 Å². The lowest BCUT2D eigenvalue weighted by atomic mass is 9.88. The number of carbonyl (C=O) groups excluding carboxylic acids is 1. The van der Waals surface area contributed by atoms with Crippen LogP contribution in [0.3, 0.4) is 0 Å². The molecule has 0 radical (unpaired) electrons. The van der Waals surface area contributed by atoms with Crippen LogP contribution in [0.25, 0.3) is 0 Å². The number of ether oxygens (including phenoxy) is 1. The predicted molar refractivity (Wildman–Crippen MR) is 114 cm³/mol. The Morgan fingerprint density at radius 2 is 2.00 bits per heavy atom. The lowest BCUT2D eigenvalue weighted by Gasteiger charge is -2.21. The molecule has 0 spiro atoms. The Morgan fingerprint density at radius 3 is 2.64 bits per heavy atom. The van der Waals surface area contributed by atoms with Gasteiger partial charge in [0.25, 0.3) is 5.91 Å². The van der Waals surface area contributed by atoms with Gasteiger partial charge in [0.15, 0.2) is 0 Å². The van der Waals surface area contributed by atoms with Crippen LogP contribution in [0.15, 0.2) is 69.9 Å². The van der Waals surface area contributed by atoms with Crippen molar-refractivity contribution in [1.82, 2.24) is 9.99 Å². The third kappa shape index (κ3) is 3.56. The molecular weight excluding hydrogens is 418 g/mol. The summed E-state index contributed by atoms with van der Waals surface area (Å²) < 4.78 is 6.39. The highest BCUT2D eigenvalue weighted by atomic mass is 79.9. The number of allylic oxidation sites excluding steroid dienone is 4. The number of hydrogen-bond acceptors (Lipinski definition) is 3. The normalized spacial score (nSPS) is 21.8. The molecule has 1 aliphatic heterocycles. The number of methoxy groups -OCH3 is 1. The number of hydrazone groups is 1. The van der Waals surface area contributed by atoms with Crippen LogP contribution in [0.2, 0.25) is 0 Å². The summed E-state index contributed by atoms with van der Waals surface area (Å²) in [5, 5.41) is 6.39. The molecule has 2 aliphatic rings. The topological polar surface area (TPSA) is 57.7 Å². The quantitative estimate of drug-likeness (QED) is 0.710. The van der Waals surface area contributed by atoms with Crippen LogP contribution < -0.4 is 4.74 Å². The summed E-state index contributed by atoms with van der Waals surface area (Å²) in [4.78, 5) is 16.5. The number of amides is 1. The molecule has 1 unspecified atom stereocenters. The van der Waals surface area contributed by atoms with Gasteiger partial charge in [0.2, 0.25) is 0 Å². The number of rotatable bonds is 4. The van der Waals surface area contributed by atoms with E-state index < -0.39 is 0 Å². The van der Waals surface area contributed by atoms with Crippen LogP contribution in [0.1, 0.15) is 41.9 Å². The van der Waals surface area contributed by atoms with E-state index in [1.807, 2.05) is 18.3 Å². The molecule has 2 heterocycles. The maximum absolute atomic E-state index is 13.2. The minimum Gasteiger partial charge on any atom is -0.497 e. The van der Waals surface area contributed by atoms with Gasteiger partial charge in [-0.25, -0.2) is 5.01 Å². The highest BCUT2D eigenvalue weighted by Gasteiger charge is 2.36. The van der Waals surface area contributed by atoms with Crippen molar-refractivity contribution in [2.75, 3.05) is 7.11 Å². The number of aromatic amines is 1. The summed E-state index contributed by atoms with van der Waals surface area (Å²) in [7, 11) is 1.61. The molecule has 28 heavy (non-hydrogen) atoms. The van der Waals surface area contributed by atoms with Crippen molar-refractivity contribution in [1.29, 1.82) is 0 Å². The highest BCUT2D eigenvalue weighted by molar-refractivity contribution is 9.11. The molecule has 6 heteroatoms. The fourth-order valence-electron chi connectivity index (χ4n) is 3.73. The number of hydrogen-bond donors (Lipinski definition) is 1. The number of benzene rings is 1. The molecule has 0 fully saturated rings. The fourth-order valence-corrected chi connectivity index (χ4v) is 4.35. The van der Waals surface area contributed by atoms with Gasteiger partial charge in [0.1, 0.15) is 11.8 Å². The van der Waals surface area contributed by atoms with Crippen molar-refractivity contribution in [3.05, 3.63) is 76.1 Å². The molecule has 1 aromatic heterocycles. The van der Waals surface area contributed by atoms with E-state index in [1.54, 1.807) is 36.4 Å². The van der Waals surface area contributed by atoms with Crippen LogP contribution in [-0.2, 0) is 0 Å². The average Bonchev–Trinajstić information content (AvgIpc) is 3.37. The molecule has 144 valence electrons. The van der Waals surface area contributed by atoms with Gasteiger partial charge in [-0.3, -0.25) is 4.79 Å². The van der Waals surface area contributed by atoms with E-state index in [0.29, 0.717) is 17.9 Å². The molecule has 1 amide bonds. The Balaban J connectivity index is 1.68. The molecule has 0 bridgehead atoms. The van der Waals surface area contributed by atoms with Crippen LogP contribution in [0.4, 0.5) is 0 Å². The summed E-state index contributed by atoms with van der Waals surface area (Å²) in [5.74, 6) is 0.970. The van der Waals surface area contributed by atoms with E-state index in [1.165, 1.54) is 10.1 Å². The number of carbonyl (C=O) groups is 1. The Bertz CT molecular complexity index is 958. The first-order valence-corrected chi connectivity index (χ1v) is 10.1. The van der Waals surface area contributed by atoms with Crippen molar-refractivity contribution in [3.63, 3.8) is 0 Å². The molecule has 1 N–H and O–H groups in total. The van der Waals surface area contributed by atoms with Crippen molar-refractivity contribution in [3.8, 4) is 5.75 Å². The zero-order chi connectivity index (χ0) is 19.7. The second-order valence-electron chi connectivity index (χ2n) is 7.11. The first-order valence-electron chi connectivity index (χ1n) is 9.32. The first kappa shape index (κ1) is 18.7. The first-order chi connectivity index (χ1) is 13.6. The van der Waals surface area contributed by atoms with E-state index in [9.17, 15) is 4.79 Å². The van der Waals surface area contributed by atoms with Gasteiger partial charge in [-0.05, 0) is 58.8 Å². The third-order valence-corrected chi connectivity index (χ3v) is 5.83. The molecule has 1 aromatic carbocycles. The molecule has 2 aromatic rings. The minimum atomic E-state index is -0.137. The number of aromatic nitrogens is 1. The lowest BCUT2D eigenvalue weighted by molar-refractivity contribution is 0.0708. The summed E-state index contributed by atoms with van der Waals surface area (Å²) >= 11 is 3.58. The molecule has 0 saturated heterocycles. The summed E-state index contributed by atoms with van der Waals surface area (Å²) in [5.41, 5.74) is 3.76. The second kappa shape index (κ2) is 7.80. The lowest BCUT2D eigenvalue weighted by Crippen LogP contribution is -2.27. The molecular formula is C22H22BrN3O2. The van der Waals surface area contributed by atoms with Crippen molar-refractivity contribution in [2.24, 2.45) is 11.0 Å². The molecule has 4 rings (SSSR count). The van der Waals surface area contributed by atoms with Crippen LogP contribution >= 0.6 is 15.9 Å². The van der Waals surface area contributed by atoms with E-state index >= 15 is 0 Å². The summed E-state index contributed by atoms with van der Waals surface area (Å²) in [6.07, 6.45) is 7.72. The van der Waals surface area contributed by atoms with Gasteiger partial charge in [0.05, 0.1) is 12.8 Å². The zero-order valence-corrected chi connectivity index (χ0v) is 17.4. The Labute approximate surface area is 172 Å². The molecule has 5 nitrogen and oxygen atoms in total. The maximum atomic E-state index is 13.2. The Morgan fingerprint density at radius 1 is 1.21 bits per heavy atom. The van der Waals surface area contributed by atoms with E-state index in [2.05, 4.69) is 40.0 Å². The molecule has 0 saturated carbocycles. The van der Waals surface area contributed by atoms with Gasteiger partial charge in [0, 0.05) is 23.9 Å². The second-order valence-corrected chi connectivity index (χ2v) is 8.13. The minimum absolute atomic E-state index is 0.113. The van der Waals surface area contributed by atoms with Crippen LogP contribution in [-0.4, -0.2) is 28.7 Å². The average molecular weight is 440 g/mol. The van der Waals surface area contributed by atoms with Gasteiger partial charge >= 0.3 is 0 Å². The van der Waals surface area contributed by atoms with Crippen molar-refractivity contribution >= 4 is 27.5 Å². The van der Waals surface area contributed by atoms with Gasteiger partial charge in [-0.2, -0.15) is 5.10 Å². The largest absolute Gasteiger partial charge is 0.497 e. The monoisotopic (exact) mass is 439 g/mol. The standard InChI is InChI=1S/C22H22BrN3O2/c1-14-12-16(23)7-10-18(14)20-13-21(19-4-3-11-24-19)26(25-20)22(27)15-5-8-17(28-2)9-6-15/h3-11,14,21,24H,12-13H2,1-2H3/t14?,21-/m1/s1. The third-order valence-electron chi connectivity index (χ3n) is 5.25. The zero-order valence-electron chi connectivity index (χ0n) is 15.9. The molecule has 1 aliphatic carbocycles. The van der Waals surface area contributed by atoms with E-state index in [-0.39, 0.29) is 11.9 Å². The predicted octanol–water partition coefficient (Wildman–Crippen LogP) is 5.21. The van der Waals surface area contributed by atoms with Crippen molar-refractivity contribution < 1.29 is 9.53 Å². The Kier molecular flexibility index (Phi) is 5.22. The smallest absolute Gasteiger partial charge is 0.274 e. The highest BCUT2D eigenvalue weighted by Crippen LogP contribution is 2.37. The number of nitrogens with one attached hydrogen (secondary N) is 1. The number of nitrogens with zero attached hydrogens (tertiary/aromatic N) is 2. The fraction of sp³-hybridized carbons (Fsp3) is 0.273. The summed E-state index contributed by atoms with van der Waals surface area (Å²) in [6, 6.07) is 11.0. The maximum Gasteiger partial charge on any atom is 0.274 e. The SMILES string of the molecule is COc1ccc(C(=O)N2N=C(C3=CC=C(Br)CC3C)C[C@@H]2c2ccc[nH]2)cc1.